The van der Waals surface area contributed by atoms with E-state index in [2.05, 4.69) is 5.32 Å². The van der Waals surface area contributed by atoms with E-state index >= 15 is 0 Å². The van der Waals surface area contributed by atoms with Crippen molar-refractivity contribution in [2.75, 3.05) is 24.4 Å². The topological polar surface area (TPSA) is 58.6 Å². The van der Waals surface area contributed by atoms with Crippen LogP contribution in [-0.2, 0) is 0 Å². The number of nitrogens with zero attached hydrogens (tertiary/aromatic N) is 1. The molecular formula is C23H22N2O3. The largest absolute Gasteiger partial charge is 0.495 e. The summed E-state index contributed by atoms with van der Waals surface area (Å²) in [5.41, 5.74) is 3.40. The Hall–Kier alpha value is -3.60. The summed E-state index contributed by atoms with van der Waals surface area (Å²) in [7, 11) is 3.28. The third kappa shape index (κ3) is 4.20. The molecule has 5 nitrogen and oxygen atoms in total. The normalized spacial score (nSPS) is 10.2. The Morgan fingerprint density at radius 3 is 2.18 bits per heavy atom. The van der Waals surface area contributed by atoms with Gasteiger partial charge in [-0.2, -0.15) is 0 Å². The third-order valence-electron chi connectivity index (χ3n) is 4.45. The highest BCUT2D eigenvalue weighted by Gasteiger charge is 2.15. The minimum Gasteiger partial charge on any atom is -0.495 e. The number of carbonyl (C=O) groups is 2. The van der Waals surface area contributed by atoms with Crippen molar-refractivity contribution in [1.82, 2.24) is 0 Å². The summed E-state index contributed by atoms with van der Waals surface area (Å²) in [5.74, 6) is 0.188. The molecule has 0 radical (unpaired) electrons. The van der Waals surface area contributed by atoms with E-state index in [4.69, 9.17) is 4.74 Å². The van der Waals surface area contributed by atoms with Crippen molar-refractivity contribution < 1.29 is 14.3 Å². The summed E-state index contributed by atoms with van der Waals surface area (Å²) < 4.78 is 5.29. The van der Waals surface area contributed by atoms with Crippen LogP contribution < -0.4 is 15.0 Å². The van der Waals surface area contributed by atoms with Gasteiger partial charge in [0.05, 0.1) is 12.8 Å². The number of para-hydroxylation sites is 1. The number of benzene rings is 3. The van der Waals surface area contributed by atoms with Gasteiger partial charge in [0.25, 0.3) is 11.8 Å². The van der Waals surface area contributed by atoms with Crippen molar-refractivity contribution in [2.45, 2.75) is 6.92 Å². The molecule has 28 heavy (non-hydrogen) atoms. The smallest absolute Gasteiger partial charge is 0.258 e. The molecule has 0 aliphatic rings. The van der Waals surface area contributed by atoms with Crippen molar-refractivity contribution in [2.24, 2.45) is 0 Å². The molecule has 0 heterocycles. The van der Waals surface area contributed by atoms with Crippen LogP contribution in [0.1, 0.15) is 26.3 Å². The molecule has 0 aromatic heterocycles. The highest BCUT2D eigenvalue weighted by Crippen LogP contribution is 2.26. The number of amides is 2. The minimum atomic E-state index is -0.265. The van der Waals surface area contributed by atoms with Crippen LogP contribution in [0.2, 0.25) is 0 Å². The fraction of sp³-hybridized carbons (Fsp3) is 0.130. The monoisotopic (exact) mass is 374 g/mol. The highest BCUT2D eigenvalue weighted by atomic mass is 16.5. The van der Waals surface area contributed by atoms with Gasteiger partial charge in [0.1, 0.15) is 5.75 Å². The van der Waals surface area contributed by atoms with Gasteiger partial charge in [-0.25, -0.2) is 0 Å². The van der Waals surface area contributed by atoms with Gasteiger partial charge < -0.3 is 15.0 Å². The van der Waals surface area contributed by atoms with Gasteiger partial charge in [0, 0.05) is 23.9 Å². The molecule has 0 aliphatic heterocycles. The lowest BCUT2D eigenvalue weighted by atomic mass is 10.1. The lowest BCUT2D eigenvalue weighted by molar-refractivity contribution is 0.0989. The Morgan fingerprint density at radius 1 is 0.893 bits per heavy atom. The first kappa shape index (κ1) is 19.2. The molecule has 0 saturated carbocycles. The Kier molecular flexibility index (Phi) is 5.75. The average molecular weight is 374 g/mol. The zero-order valence-electron chi connectivity index (χ0n) is 16.1. The number of hydrogen-bond donors (Lipinski definition) is 1. The predicted octanol–water partition coefficient (Wildman–Crippen LogP) is 4.53. The van der Waals surface area contributed by atoms with Gasteiger partial charge in [-0.15, -0.1) is 0 Å². The Morgan fingerprint density at radius 2 is 1.54 bits per heavy atom. The molecule has 1 N–H and O–H groups in total. The minimum absolute atomic E-state index is 0.140. The second-order valence-electron chi connectivity index (χ2n) is 6.43. The van der Waals surface area contributed by atoms with Gasteiger partial charge in [0.15, 0.2) is 0 Å². The van der Waals surface area contributed by atoms with Crippen molar-refractivity contribution in [3.8, 4) is 5.75 Å². The van der Waals surface area contributed by atoms with Crippen molar-refractivity contribution in [3.05, 3.63) is 89.5 Å². The van der Waals surface area contributed by atoms with Crippen LogP contribution in [0.4, 0.5) is 11.4 Å². The number of hydrogen-bond acceptors (Lipinski definition) is 3. The molecular weight excluding hydrogens is 352 g/mol. The maximum Gasteiger partial charge on any atom is 0.258 e. The summed E-state index contributed by atoms with van der Waals surface area (Å²) in [5, 5.41) is 2.86. The van der Waals surface area contributed by atoms with Gasteiger partial charge in [0.2, 0.25) is 0 Å². The summed E-state index contributed by atoms with van der Waals surface area (Å²) in [4.78, 5) is 26.8. The molecule has 3 aromatic carbocycles. The molecule has 0 aliphatic carbocycles. The fourth-order valence-corrected chi connectivity index (χ4v) is 2.84. The van der Waals surface area contributed by atoms with Crippen LogP contribution >= 0.6 is 0 Å². The molecule has 0 spiro atoms. The summed E-state index contributed by atoms with van der Waals surface area (Å²) in [6.07, 6.45) is 0. The first-order valence-corrected chi connectivity index (χ1v) is 8.89. The van der Waals surface area contributed by atoms with E-state index in [0.717, 1.165) is 11.3 Å². The van der Waals surface area contributed by atoms with E-state index in [1.807, 2.05) is 55.5 Å². The number of carbonyl (C=O) groups excluding carboxylic acids is 2. The number of ether oxygens (including phenoxy) is 1. The van der Waals surface area contributed by atoms with Crippen LogP contribution in [0.3, 0.4) is 0 Å². The van der Waals surface area contributed by atoms with Gasteiger partial charge >= 0.3 is 0 Å². The van der Waals surface area contributed by atoms with Crippen molar-refractivity contribution in [1.29, 1.82) is 0 Å². The first-order chi connectivity index (χ1) is 13.5. The van der Waals surface area contributed by atoms with E-state index in [9.17, 15) is 9.59 Å². The standard InChI is InChI=1S/C23H22N2O3/c1-16-9-14-21(28-3)20(15-16)24-22(26)17-10-12-18(13-11-17)23(27)25(2)19-7-5-4-6-8-19/h4-15H,1-3H3,(H,24,26). The number of nitrogens with one attached hydrogen (secondary N) is 1. The van der Waals surface area contributed by atoms with E-state index < -0.39 is 0 Å². The molecule has 0 unspecified atom stereocenters. The first-order valence-electron chi connectivity index (χ1n) is 8.89. The molecule has 3 rings (SSSR count). The molecule has 5 heteroatoms. The molecule has 2 amide bonds. The molecule has 3 aromatic rings. The fourth-order valence-electron chi connectivity index (χ4n) is 2.84. The Balaban J connectivity index is 1.74. The molecule has 0 fully saturated rings. The van der Waals surface area contributed by atoms with Gasteiger partial charge in [-0.1, -0.05) is 24.3 Å². The predicted molar refractivity (Wildman–Crippen MR) is 111 cm³/mol. The quantitative estimate of drug-likeness (QED) is 0.714. The molecule has 142 valence electrons. The zero-order chi connectivity index (χ0) is 20.1. The van der Waals surface area contributed by atoms with Crippen LogP contribution in [0.15, 0.2) is 72.8 Å². The SMILES string of the molecule is COc1ccc(C)cc1NC(=O)c1ccc(C(=O)N(C)c2ccccc2)cc1. The highest BCUT2D eigenvalue weighted by molar-refractivity contribution is 6.08. The number of rotatable bonds is 5. The molecule has 0 saturated heterocycles. The maximum absolute atomic E-state index is 12.6. The van der Waals surface area contributed by atoms with Crippen LogP contribution in [0.5, 0.6) is 5.75 Å². The number of aryl methyl sites for hydroxylation is 1. The van der Waals surface area contributed by atoms with Crippen molar-refractivity contribution >= 4 is 23.2 Å². The van der Waals surface area contributed by atoms with E-state index in [1.165, 1.54) is 0 Å². The second-order valence-corrected chi connectivity index (χ2v) is 6.43. The third-order valence-corrected chi connectivity index (χ3v) is 4.45. The number of anilines is 2. The molecule has 0 bridgehead atoms. The maximum atomic E-state index is 12.6. The van der Waals surface area contributed by atoms with Crippen LogP contribution in [0, 0.1) is 6.92 Å². The summed E-state index contributed by atoms with van der Waals surface area (Å²) >= 11 is 0. The van der Waals surface area contributed by atoms with E-state index in [0.29, 0.717) is 22.6 Å². The van der Waals surface area contributed by atoms with Crippen molar-refractivity contribution in [3.63, 3.8) is 0 Å². The Bertz CT molecular complexity index is 982. The van der Waals surface area contributed by atoms with Gasteiger partial charge in [-0.3, -0.25) is 9.59 Å². The van der Waals surface area contributed by atoms with E-state index in [-0.39, 0.29) is 11.8 Å². The number of methoxy groups -OCH3 is 1. The van der Waals surface area contributed by atoms with Crippen LogP contribution in [0.25, 0.3) is 0 Å². The van der Waals surface area contributed by atoms with Gasteiger partial charge in [-0.05, 0) is 61.0 Å². The summed E-state index contributed by atoms with van der Waals surface area (Å²) in [6, 6.07) is 21.6. The second kappa shape index (κ2) is 8.39. The van der Waals surface area contributed by atoms with Crippen LogP contribution in [-0.4, -0.2) is 26.0 Å². The summed E-state index contributed by atoms with van der Waals surface area (Å²) in [6.45, 7) is 1.94. The average Bonchev–Trinajstić information content (AvgIpc) is 2.73. The lowest BCUT2D eigenvalue weighted by Gasteiger charge is -2.17. The molecule has 0 atom stereocenters. The van der Waals surface area contributed by atoms with E-state index in [1.54, 1.807) is 43.3 Å². The zero-order valence-corrected chi connectivity index (χ0v) is 16.1. The Labute approximate surface area is 164 Å². The lowest BCUT2D eigenvalue weighted by Crippen LogP contribution is -2.26.